The summed E-state index contributed by atoms with van der Waals surface area (Å²) in [4.78, 5) is 24.5. The number of nitrogens with zero attached hydrogens (tertiary/aromatic N) is 1. The van der Waals surface area contributed by atoms with E-state index in [2.05, 4.69) is 10.6 Å². The molecule has 1 aromatic rings. The highest BCUT2D eigenvalue weighted by Gasteiger charge is 2.30. The van der Waals surface area contributed by atoms with Gasteiger partial charge in [-0.1, -0.05) is 12.8 Å². The smallest absolute Gasteiger partial charge is 0.268 e. The van der Waals surface area contributed by atoms with Crippen molar-refractivity contribution >= 4 is 11.8 Å². The summed E-state index contributed by atoms with van der Waals surface area (Å²) in [6.45, 7) is 4.18. The SMILES string of the molecule is Cn1cccc1C(=O)NC(C)(C)C(=O)NCC1CCCC1. The molecule has 5 nitrogen and oxygen atoms in total. The van der Waals surface area contributed by atoms with Gasteiger partial charge in [0.15, 0.2) is 0 Å². The summed E-state index contributed by atoms with van der Waals surface area (Å²) in [5.74, 6) is 0.230. The fourth-order valence-electron chi connectivity index (χ4n) is 2.77. The molecule has 21 heavy (non-hydrogen) atoms. The number of nitrogens with one attached hydrogen (secondary N) is 2. The molecule has 0 spiro atoms. The summed E-state index contributed by atoms with van der Waals surface area (Å²) in [6, 6.07) is 3.55. The van der Waals surface area contributed by atoms with Gasteiger partial charge in [-0.25, -0.2) is 0 Å². The molecule has 2 N–H and O–H groups in total. The molecule has 0 unspecified atom stereocenters. The van der Waals surface area contributed by atoms with Gasteiger partial charge in [0.05, 0.1) is 0 Å². The number of aromatic nitrogens is 1. The van der Waals surface area contributed by atoms with Gasteiger partial charge in [0, 0.05) is 19.8 Å². The van der Waals surface area contributed by atoms with Crippen molar-refractivity contribution < 1.29 is 9.59 Å². The molecule has 0 aromatic carbocycles. The number of amides is 2. The van der Waals surface area contributed by atoms with E-state index in [9.17, 15) is 9.59 Å². The van der Waals surface area contributed by atoms with E-state index in [-0.39, 0.29) is 11.8 Å². The van der Waals surface area contributed by atoms with Gasteiger partial charge in [-0.2, -0.15) is 0 Å². The minimum atomic E-state index is -0.917. The van der Waals surface area contributed by atoms with Crippen molar-refractivity contribution in [2.45, 2.75) is 45.1 Å². The van der Waals surface area contributed by atoms with Crippen molar-refractivity contribution in [2.24, 2.45) is 13.0 Å². The van der Waals surface area contributed by atoms with E-state index >= 15 is 0 Å². The predicted octanol–water partition coefficient (Wildman–Crippen LogP) is 1.84. The Morgan fingerprint density at radius 1 is 1.33 bits per heavy atom. The Labute approximate surface area is 126 Å². The van der Waals surface area contributed by atoms with Gasteiger partial charge >= 0.3 is 0 Å². The Bertz CT molecular complexity index is 513. The normalized spacial score (nSPS) is 16.0. The van der Waals surface area contributed by atoms with Gasteiger partial charge in [-0.05, 0) is 44.7 Å². The number of carbonyl (C=O) groups excluding carboxylic acids is 2. The Morgan fingerprint density at radius 3 is 2.57 bits per heavy atom. The first-order chi connectivity index (χ1) is 9.90. The molecule has 2 amide bonds. The largest absolute Gasteiger partial charge is 0.354 e. The van der Waals surface area contributed by atoms with Crippen LogP contribution in [-0.4, -0.2) is 28.5 Å². The standard InChI is InChI=1S/C16H25N3O2/c1-16(2,15(21)17-11-12-7-4-5-8-12)18-14(20)13-9-6-10-19(13)3/h6,9-10,12H,4-5,7-8,11H2,1-3H3,(H,17,21)(H,18,20). The van der Waals surface area contributed by atoms with E-state index in [1.807, 2.05) is 19.3 Å². The first kappa shape index (κ1) is 15.6. The zero-order valence-electron chi connectivity index (χ0n) is 13.1. The van der Waals surface area contributed by atoms with Gasteiger partial charge < -0.3 is 15.2 Å². The molecule has 1 saturated carbocycles. The molecule has 1 aliphatic rings. The van der Waals surface area contributed by atoms with Crippen molar-refractivity contribution in [3.05, 3.63) is 24.0 Å². The second-order valence-corrected chi connectivity index (χ2v) is 6.44. The summed E-state index contributed by atoms with van der Waals surface area (Å²) in [5, 5.41) is 5.77. The lowest BCUT2D eigenvalue weighted by atomic mass is 10.0. The number of hydrogen-bond acceptors (Lipinski definition) is 2. The van der Waals surface area contributed by atoms with E-state index in [1.165, 1.54) is 25.7 Å². The minimum absolute atomic E-state index is 0.128. The molecule has 5 heteroatoms. The van der Waals surface area contributed by atoms with Gasteiger partial charge in [-0.3, -0.25) is 9.59 Å². The Balaban J connectivity index is 1.89. The van der Waals surface area contributed by atoms with Crippen LogP contribution in [0, 0.1) is 5.92 Å². The molecule has 0 atom stereocenters. The van der Waals surface area contributed by atoms with Crippen LogP contribution in [-0.2, 0) is 11.8 Å². The van der Waals surface area contributed by atoms with Crippen molar-refractivity contribution in [2.75, 3.05) is 6.54 Å². The van der Waals surface area contributed by atoms with Crippen LogP contribution < -0.4 is 10.6 Å². The highest BCUT2D eigenvalue weighted by molar-refractivity contribution is 5.97. The lowest BCUT2D eigenvalue weighted by Gasteiger charge is -2.26. The monoisotopic (exact) mass is 291 g/mol. The zero-order valence-corrected chi connectivity index (χ0v) is 13.1. The van der Waals surface area contributed by atoms with Crippen LogP contribution in [0.1, 0.15) is 50.0 Å². The Kier molecular flexibility index (Phi) is 4.70. The average molecular weight is 291 g/mol. The highest BCUT2D eigenvalue weighted by atomic mass is 16.2. The molecule has 2 rings (SSSR count). The number of carbonyl (C=O) groups is 2. The molecule has 116 valence electrons. The molecule has 1 heterocycles. The average Bonchev–Trinajstić information content (AvgIpc) is 3.06. The lowest BCUT2D eigenvalue weighted by Crippen LogP contribution is -2.55. The van der Waals surface area contributed by atoms with Crippen LogP contribution in [0.5, 0.6) is 0 Å². The number of rotatable bonds is 5. The molecule has 0 radical (unpaired) electrons. The van der Waals surface area contributed by atoms with Crippen LogP contribution in [0.4, 0.5) is 0 Å². The van der Waals surface area contributed by atoms with Crippen molar-refractivity contribution in [1.29, 1.82) is 0 Å². The van der Waals surface area contributed by atoms with E-state index < -0.39 is 5.54 Å². The maximum atomic E-state index is 12.3. The topological polar surface area (TPSA) is 63.1 Å². The van der Waals surface area contributed by atoms with Crippen LogP contribution in [0.15, 0.2) is 18.3 Å². The third-order valence-corrected chi connectivity index (χ3v) is 4.20. The first-order valence-electron chi connectivity index (χ1n) is 7.62. The Hall–Kier alpha value is -1.78. The molecule has 0 aliphatic heterocycles. The summed E-state index contributed by atoms with van der Waals surface area (Å²) in [7, 11) is 1.81. The quantitative estimate of drug-likeness (QED) is 0.869. The maximum absolute atomic E-state index is 12.3. The summed E-state index contributed by atoms with van der Waals surface area (Å²) < 4.78 is 1.74. The van der Waals surface area contributed by atoms with Gasteiger partial charge in [0.2, 0.25) is 5.91 Å². The van der Waals surface area contributed by atoms with Crippen molar-refractivity contribution in [3.63, 3.8) is 0 Å². The van der Waals surface area contributed by atoms with E-state index in [1.54, 1.807) is 24.5 Å². The van der Waals surface area contributed by atoms with Crippen LogP contribution in [0.25, 0.3) is 0 Å². The summed E-state index contributed by atoms with van der Waals surface area (Å²) in [6.07, 6.45) is 6.71. The molecular formula is C16H25N3O2. The van der Waals surface area contributed by atoms with Crippen LogP contribution in [0.3, 0.4) is 0 Å². The lowest BCUT2D eigenvalue weighted by molar-refractivity contribution is -0.126. The minimum Gasteiger partial charge on any atom is -0.354 e. The first-order valence-corrected chi connectivity index (χ1v) is 7.62. The van der Waals surface area contributed by atoms with Crippen molar-refractivity contribution in [1.82, 2.24) is 15.2 Å². The summed E-state index contributed by atoms with van der Waals surface area (Å²) >= 11 is 0. The zero-order chi connectivity index (χ0) is 15.5. The molecule has 1 aromatic heterocycles. The summed E-state index contributed by atoms with van der Waals surface area (Å²) in [5.41, 5.74) is -0.369. The van der Waals surface area contributed by atoms with E-state index in [0.29, 0.717) is 18.2 Å². The molecule has 0 bridgehead atoms. The van der Waals surface area contributed by atoms with Crippen LogP contribution >= 0.6 is 0 Å². The number of aryl methyl sites for hydroxylation is 1. The molecule has 1 aliphatic carbocycles. The maximum Gasteiger partial charge on any atom is 0.268 e. The van der Waals surface area contributed by atoms with Gasteiger partial charge in [0.1, 0.15) is 11.2 Å². The highest BCUT2D eigenvalue weighted by Crippen LogP contribution is 2.23. The third-order valence-electron chi connectivity index (χ3n) is 4.20. The Morgan fingerprint density at radius 2 is 2.00 bits per heavy atom. The van der Waals surface area contributed by atoms with Crippen molar-refractivity contribution in [3.8, 4) is 0 Å². The third kappa shape index (κ3) is 3.86. The molecular weight excluding hydrogens is 266 g/mol. The van der Waals surface area contributed by atoms with E-state index in [4.69, 9.17) is 0 Å². The fourth-order valence-corrected chi connectivity index (χ4v) is 2.77. The fraction of sp³-hybridized carbons (Fsp3) is 0.625. The van der Waals surface area contributed by atoms with Crippen LogP contribution in [0.2, 0.25) is 0 Å². The number of hydrogen-bond donors (Lipinski definition) is 2. The molecule has 1 fully saturated rings. The van der Waals surface area contributed by atoms with Gasteiger partial charge in [-0.15, -0.1) is 0 Å². The second kappa shape index (κ2) is 6.33. The van der Waals surface area contributed by atoms with E-state index in [0.717, 1.165) is 0 Å². The molecule has 0 saturated heterocycles. The second-order valence-electron chi connectivity index (χ2n) is 6.44. The van der Waals surface area contributed by atoms with Gasteiger partial charge in [0.25, 0.3) is 5.91 Å². The predicted molar refractivity (Wildman–Crippen MR) is 81.9 cm³/mol.